The second-order valence-corrected chi connectivity index (χ2v) is 4.76. The first kappa shape index (κ1) is 12.0. The van der Waals surface area contributed by atoms with Crippen molar-refractivity contribution in [3.05, 3.63) is 0 Å². The Hall–Kier alpha value is -0.0800. The molecule has 1 aliphatic rings. The van der Waals surface area contributed by atoms with Crippen LogP contribution in [0.2, 0.25) is 0 Å². The Morgan fingerprint density at radius 2 is 2.14 bits per heavy atom. The molecule has 0 spiro atoms. The Balaban J connectivity index is 2.52. The van der Waals surface area contributed by atoms with Gasteiger partial charge in [-0.15, -0.1) is 0 Å². The summed E-state index contributed by atoms with van der Waals surface area (Å²) in [5.41, 5.74) is 0. The van der Waals surface area contributed by atoms with Crippen LogP contribution >= 0.6 is 0 Å². The smallest absolute Gasteiger partial charge is 0.0246 e. The van der Waals surface area contributed by atoms with Crippen molar-refractivity contribution in [2.45, 2.75) is 52.6 Å². The second-order valence-electron chi connectivity index (χ2n) is 4.76. The van der Waals surface area contributed by atoms with Crippen LogP contribution in [-0.4, -0.2) is 36.6 Å². The van der Waals surface area contributed by atoms with Gasteiger partial charge in [-0.1, -0.05) is 27.2 Å². The fourth-order valence-corrected chi connectivity index (χ4v) is 2.38. The molecule has 0 aromatic carbocycles. The maximum absolute atomic E-state index is 3.59. The van der Waals surface area contributed by atoms with Gasteiger partial charge in [0.2, 0.25) is 0 Å². The molecule has 1 saturated heterocycles. The molecular weight excluding hydrogens is 172 g/mol. The largest absolute Gasteiger partial charge is 0.311 e. The minimum Gasteiger partial charge on any atom is -0.311 e. The van der Waals surface area contributed by atoms with E-state index in [-0.39, 0.29) is 0 Å². The lowest BCUT2D eigenvalue weighted by Gasteiger charge is -2.42. The van der Waals surface area contributed by atoms with E-state index < -0.39 is 0 Å². The van der Waals surface area contributed by atoms with Crippen molar-refractivity contribution in [2.75, 3.05) is 19.6 Å². The van der Waals surface area contributed by atoms with Gasteiger partial charge in [-0.2, -0.15) is 0 Å². The molecule has 2 heteroatoms. The van der Waals surface area contributed by atoms with Crippen molar-refractivity contribution >= 4 is 0 Å². The van der Waals surface area contributed by atoms with E-state index in [4.69, 9.17) is 0 Å². The van der Waals surface area contributed by atoms with Crippen LogP contribution in [-0.2, 0) is 0 Å². The van der Waals surface area contributed by atoms with E-state index in [0.717, 1.165) is 12.0 Å². The van der Waals surface area contributed by atoms with Gasteiger partial charge in [0.1, 0.15) is 0 Å². The standard InChI is InChI=1S/C12H26N2/c1-5-7-14-9-11(4)13-8-12(14)10(3)6-2/h10-13H,5-9H2,1-4H3. The summed E-state index contributed by atoms with van der Waals surface area (Å²) in [6.45, 7) is 12.9. The average molecular weight is 198 g/mol. The summed E-state index contributed by atoms with van der Waals surface area (Å²) in [5.74, 6) is 0.821. The predicted octanol–water partition coefficient (Wildman–Crippen LogP) is 2.10. The molecular formula is C12H26N2. The molecule has 0 aliphatic carbocycles. The summed E-state index contributed by atoms with van der Waals surface area (Å²) in [4.78, 5) is 2.68. The van der Waals surface area contributed by atoms with Crippen LogP contribution in [0.15, 0.2) is 0 Å². The molecule has 0 amide bonds. The van der Waals surface area contributed by atoms with Gasteiger partial charge in [0.15, 0.2) is 0 Å². The fourth-order valence-electron chi connectivity index (χ4n) is 2.38. The van der Waals surface area contributed by atoms with Crippen LogP contribution in [0.25, 0.3) is 0 Å². The van der Waals surface area contributed by atoms with Crippen LogP contribution in [0.5, 0.6) is 0 Å². The van der Waals surface area contributed by atoms with Gasteiger partial charge in [-0.3, -0.25) is 4.90 Å². The molecule has 0 saturated carbocycles. The SMILES string of the molecule is CCCN1CC(C)NCC1C(C)CC. The number of nitrogens with zero attached hydrogens (tertiary/aromatic N) is 1. The van der Waals surface area contributed by atoms with Crippen LogP contribution < -0.4 is 5.32 Å². The van der Waals surface area contributed by atoms with Gasteiger partial charge >= 0.3 is 0 Å². The van der Waals surface area contributed by atoms with Gasteiger partial charge in [0, 0.05) is 25.2 Å². The lowest BCUT2D eigenvalue weighted by molar-refractivity contribution is 0.0959. The van der Waals surface area contributed by atoms with Crippen LogP contribution in [0.4, 0.5) is 0 Å². The summed E-state index contributed by atoms with van der Waals surface area (Å²) in [6.07, 6.45) is 2.57. The van der Waals surface area contributed by atoms with Gasteiger partial charge in [0.25, 0.3) is 0 Å². The highest BCUT2D eigenvalue weighted by Gasteiger charge is 2.28. The Morgan fingerprint density at radius 3 is 2.71 bits per heavy atom. The molecule has 1 fully saturated rings. The highest BCUT2D eigenvalue weighted by Crippen LogP contribution is 2.18. The average Bonchev–Trinajstić information content (AvgIpc) is 2.17. The summed E-state index contributed by atoms with van der Waals surface area (Å²) in [7, 11) is 0. The lowest BCUT2D eigenvalue weighted by atomic mass is 9.94. The monoisotopic (exact) mass is 198 g/mol. The molecule has 1 N–H and O–H groups in total. The maximum Gasteiger partial charge on any atom is 0.0246 e. The zero-order valence-electron chi connectivity index (χ0n) is 10.2. The Kier molecular flexibility index (Phi) is 4.90. The number of nitrogens with one attached hydrogen (secondary N) is 1. The number of hydrogen-bond acceptors (Lipinski definition) is 2. The van der Waals surface area contributed by atoms with E-state index in [9.17, 15) is 0 Å². The highest BCUT2D eigenvalue weighted by molar-refractivity contribution is 4.86. The number of hydrogen-bond donors (Lipinski definition) is 1. The predicted molar refractivity (Wildman–Crippen MR) is 62.6 cm³/mol. The third-order valence-electron chi connectivity index (χ3n) is 3.46. The van der Waals surface area contributed by atoms with Gasteiger partial charge in [-0.05, 0) is 25.8 Å². The van der Waals surface area contributed by atoms with Gasteiger partial charge in [-0.25, -0.2) is 0 Å². The molecule has 0 aromatic rings. The first-order chi connectivity index (χ1) is 6.69. The molecule has 2 nitrogen and oxygen atoms in total. The molecule has 1 heterocycles. The first-order valence-corrected chi connectivity index (χ1v) is 6.16. The summed E-state index contributed by atoms with van der Waals surface area (Å²) in [5, 5.41) is 3.59. The van der Waals surface area contributed by atoms with E-state index in [1.54, 1.807) is 0 Å². The minimum atomic E-state index is 0.668. The van der Waals surface area contributed by atoms with Crippen molar-refractivity contribution in [3.8, 4) is 0 Å². The van der Waals surface area contributed by atoms with E-state index in [1.807, 2.05) is 0 Å². The highest BCUT2D eigenvalue weighted by atomic mass is 15.2. The quantitative estimate of drug-likeness (QED) is 0.744. The van der Waals surface area contributed by atoms with Gasteiger partial charge in [0.05, 0.1) is 0 Å². The molecule has 84 valence electrons. The van der Waals surface area contributed by atoms with Crippen molar-refractivity contribution in [1.82, 2.24) is 10.2 Å². The Bertz CT molecular complexity index is 158. The molecule has 14 heavy (non-hydrogen) atoms. The van der Waals surface area contributed by atoms with E-state index in [1.165, 1.54) is 32.5 Å². The summed E-state index contributed by atoms with van der Waals surface area (Å²) < 4.78 is 0. The molecule has 0 radical (unpaired) electrons. The minimum absolute atomic E-state index is 0.668. The van der Waals surface area contributed by atoms with Crippen molar-refractivity contribution in [3.63, 3.8) is 0 Å². The van der Waals surface area contributed by atoms with E-state index in [0.29, 0.717) is 6.04 Å². The van der Waals surface area contributed by atoms with Crippen molar-refractivity contribution in [1.29, 1.82) is 0 Å². The van der Waals surface area contributed by atoms with Gasteiger partial charge < -0.3 is 5.32 Å². The fraction of sp³-hybridized carbons (Fsp3) is 1.00. The van der Waals surface area contributed by atoms with Crippen LogP contribution in [0.1, 0.15) is 40.5 Å². The van der Waals surface area contributed by atoms with E-state index in [2.05, 4.69) is 37.9 Å². The van der Waals surface area contributed by atoms with E-state index >= 15 is 0 Å². The molecule has 1 rings (SSSR count). The zero-order valence-corrected chi connectivity index (χ0v) is 10.2. The molecule has 3 atom stereocenters. The van der Waals surface area contributed by atoms with Crippen molar-refractivity contribution in [2.24, 2.45) is 5.92 Å². The van der Waals surface area contributed by atoms with Crippen LogP contribution in [0.3, 0.4) is 0 Å². The maximum atomic E-state index is 3.59. The third kappa shape index (κ3) is 2.96. The lowest BCUT2D eigenvalue weighted by Crippen LogP contribution is -2.57. The number of rotatable bonds is 4. The molecule has 3 unspecified atom stereocenters. The second kappa shape index (κ2) is 5.72. The molecule has 0 bridgehead atoms. The first-order valence-electron chi connectivity index (χ1n) is 6.16. The molecule has 0 aromatic heterocycles. The molecule has 1 aliphatic heterocycles. The Morgan fingerprint density at radius 1 is 1.43 bits per heavy atom. The summed E-state index contributed by atoms with van der Waals surface area (Å²) in [6, 6.07) is 1.43. The van der Waals surface area contributed by atoms with Crippen LogP contribution in [0, 0.1) is 5.92 Å². The Labute approximate surface area is 89.1 Å². The number of piperazine rings is 1. The third-order valence-corrected chi connectivity index (χ3v) is 3.46. The van der Waals surface area contributed by atoms with Crippen molar-refractivity contribution < 1.29 is 0 Å². The summed E-state index contributed by atoms with van der Waals surface area (Å²) >= 11 is 0. The zero-order chi connectivity index (χ0) is 10.6. The normalized spacial score (nSPS) is 31.7. The topological polar surface area (TPSA) is 15.3 Å².